The summed E-state index contributed by atoms with van der Waals surface area (Å²) in [5.41, 5.74) is -0.00906. The maximum atomic E-state index is 13.9. The zero-order chi connectivity index (χ0) is 14.4. The quantitative estimate of drug-likeness (QED) is 0.782. The Morgan fingerprint density at radius 2 is 2.25 bits per heavy atom. The van der Waals surface area contributed by atoms with Crippen LogP contribution in [0.15, 0.2) is 12.3 Å². The zero-order valence-electron chi connectivity index (χ0n) is 11.6. The van der Waals surface area contributed by atoms with Crippen LogP contribution in [0.4, 0.5) is 10.2 Å². The van der Waals surface area contributed by atoms with Crippen molar-refractivity contribution in [1.29, 1.82) is 0 Å². The molecule has 0 radical (unpaired) electrons. The lowest BCUT2D eigenvalue weighted by atomic mass is 10.2. The molecule has 0 spiro atoms. The highest BCUT2D eigenvalue weighted by atomic mass is 19.1. The topological polar surface area (TPSA) is 63.2 Å². The van der Waals surface area contributed by atoms with E-state index in [1.807, 2.05) is 0 Å². The number of pyridine rings is 1. The highest BCUT2D eigenvalue weighted by Gasteiger charge is 2.16. The number of carbonyl (C=O) groups excluding carboxylic acids is 1. The van der Waals surface area contributed by atoms with Gasteiger partial charge >= 0.3 is 0 Å². The monoisotopic (exact) mass is 281 g/mol. The second kappa shape index (κ2) is 7.19. The van der Waals surface area contributed by atoms with Crippen molar-refractivity contribution in [2.24, 2.45) is 0 Å². The normalized spacial score (nSPS) is 15.3. The van der Waals surface area contributed by atoms with Gasteiger partial charge in [0.15, 0.2) is 11.6 Å². The van der Waals surface area contributed by atoms with Gasteiger partial charge in [0.05, 0.1) is 18.3 Å². The summed E-state index contributed by atoms with van der Waals surface area (Å²) < 4.78 is 19.5. The molecule has 0 unspecified atom stereocenters. The van der Waals surface area contributed by atoms with Crippen molar-refractivity contribution in [3.8, 4) is 0 Å². The van der Waals surface area contributed by atoms with E-state index in [1.54, 1.807) is 7.05 Å². The van der Waals surface area contributed by atoms with Gasteiger partial charge in [-0.2, -0.15) is 0 Å². The summed E-state index contributed by atoms with van der Waals surface area (Å²) >= 11 is 0. The van der Waals surface area contributed by atoms with Crippen LogP contribution in [0.2, 0.25) is 0 Å². The van der Waals surface area contributed by atoms with Gasteiger partial charge in [-0.05, 0) is 18.9 Å². The number of halogens is 1. The Balaban J connectivity index is 1.79. The van der Waals surface area contributed by atoms with Crippen molar-refractivity contribution in [3.63, 3.8) is 0 Å². The first-order chi connectivity index (χ1) is 9.72. The predicted octanol–water partition coefficient (Wildman–Crippen LogP) is 1.95. The van der Waals surface area contributed by atoms with E-state index in [0.717, 1.165) is 12.8 Å². The summed E-state index contributed by atoms with van der Waals surface area (Å²) in [5.74, 6) is -1.01. The number of carbonyl (C=O) groups is 1. The van der Waals surface area contributed by atoms with Crippen molar-refractivity contribution >= 4 is 11.7 Å². The number of amides is 1. The van der Waals surface area contributed by atoms with E-state index < -0.39 is 11.7 Å². The lowest BCUT2D eigenvalue weighted by Crippen LogP contribution is -2.29. The number of rotatable bonds is 6. The fourth-order valence-electron chi connectivity index (χ4n) is 2.33. The first-order valence-electron chi connectivity index (χ1n) is 6.94. The average molecular weight is 281 g/mol. The van der Waals surface area contributed by atoms with Crippen LogP contribution in [0.1, 0.15) is 36.0 Å². The number of aromatic nitrogens is 1. The van der Waals surface area contributed by atoms with Crippen molar-refractivity contribution in [3.05, 3.63) is 23.6 Å². The fraction of sp³-hybridized carbons (Fsp3) is 0.571. The minimum absolute atomic E-state index is 0.00906. The smallest absolute Gasteiger partial charge is 0.254 e. The summed E-state index contributed by atoms with van der Waals surface area (Å²) in [5, 5.41) is 5.26. The molecular formula is C14H20FN3O2. The number of nitrogens with zero attached hydrogens (tertiary/aromatic N) is 1. The molecule has 0 saturated heterocycles. The summed E-state index contributed by atoms with van der Waals surface area (Å²) in [6.07, 6.45) is 6.34. The van der Waals surface area contributed by atoms with Gasteiger partial charge in [0.25, 0.3) is 5.91 Å². The Hall–Kier alpha value is -1.69. The van der Waals surface area contributed by atoms with E-state index in [2.05, 4.69) is 15.6 Å². The van der Waals surface area contributed by atoms with Crippen molar-refractivity contribution in [2.45, 2.75) is 31.8 Å². The highest BCUT2D eigenvalue weighted by molar-refractivity contribution is 5.95. The molecule has 1 aliphatic carbocycles. The van der Waals surface area contributed by atoms with Crippen molar-refractivity contribution < 1.29 is 13.9 Å². The number of ether oxygens (including phenoxy) is 1. The molecule has 1 fully saturated rings. The third-order valence-electron chi connectivity index (χ3n) is 3.41. The van der Waals surface area contributed by atoms with E-state index in [1.165, 1.54) is 25.1 Å². The van der Waals surface area contributed by atoms with Crippen LogP contribution in [0.3, 0.4) is 0 Å². The Morgan fingerprint density at radius 1 is 1.50 bits per heavy atom. The van der Waals surface area contributed by atoms with Gasteiger partial charge in [0, 0.05) is 19.8 Å². The molecule has 1 aromatic heterocycles. The number of nitrogens with one attached hydrogen (secondary N) is 2. The van der Waals surface area contributed by atoms with Crippen molar-refractivity contribution in [1.82, 2.24) is 10.3 Å². The predicted molar refractivity (Wildman–Crippen MR) is 74.3 cm³/mol. The third-order valence-corrected chi connectivity index (χ3v) is 3.41. The SMILES string of the molecule is CNc1nccc(C(=O)NCCOC2CCCC2)c1F. The number of anilines is 1. The van der Waals surface area contributed by atoms with E-state index in [-0.39, 0.29) is 11.4 Å². The first kappa shape index (κ1) is 14.7. The summed E-state index contributed by atoms with van der Waals surface area (Å²) in [7, 11) is 1.56. The fourth-order valence-corrected chi connectivity index (χ4v) is 2.33. The van der Waals surface area contributed by atoms with Crippen LogP contribution >= 0.6 is 0 Å². The molecule has 0 aliphatic heterocycles. The molecule has 1 heterocycles. The largest absolute Gasteiger partial charge is 0.376 e. The van der Waals surface area contributed by atoms with Gasteiger partial charge in [0.2, 0.25) is 0 Å². The number of hydrogen-bond donors (Lipinski definition) is 2. The second-order valence-electron chi connectivity index (χ2n) is 4.80. The summed E-state index contributed by atoms with van der Waals surface area (Å²) in [4.78, 5) is 15.7. The van der Waals surface area contributed by atoms with Gasteiger partial charge < -0.3 is 15.4 Å². The van der Waals surface area contributed by atoms with Gasteiger partial charge in [-0.25, -0.2) is 9.37 Å². The van der Waals surface area contributed by atoms with Crippen LogP contribution in [0.5, 0.6) is 0 Å². The van der Waals surface area contributed by atoms with Crippen LogP contribution in [0.25, 0.3) is 0 Å². The molecule has 2 N–H and O–H groups in total. The Labute approximate surface area is 117 Å². The minimum Gasteiger partial charge on any atom is -0.376 e. The molecule has 110 valence electrons. The van der Waals surface area contributed by atoms with E-state index >= 15 is 0 Å². The lowest BCUT2D eigenvalue weighted by molar-refractivity contribution is 0.0581. The van der Waals surface area contributed by atoms with Crippen molar-refractivity contribution in [2.75, 3.05) is 25.5 Å². The van der Waals surface area contributed by atoms with Gasteiger partial charge in [-0.3, -0.25) is 4.79 Å². The second-order valence-corrected chi connectivity index (χ2v) is 4.80. The van der Waals surface area contributed by atoms with Crippen LogP contribution in [0, 0.1) is 5.82 Å². The molecule has 20 heavy (non-hydrogen) atoms. The number of hydrogen-bond acceptors (Lipinski definition) is 4. The zero-order valence-corrected chi connectivity index (χ0v) is 11.6. The van der Waals surface area contributed by atoms with Crippen LogP contribution in [-0.2, 0) is 4.74 Å². The molecule has 1 amide bonds. The molecule has 1 saturated carbocycles. The molecule has 0 atom stereocenters. The molecule has 5 nitrogen and oxygen atoms in total. The summed E-state index contributed by atoms with van der Waals surface area (Å²) in [6, 6.07) is 1.36. The van der Waals surface area contributed by atoms with E-state index in [4.69, 9.17) is 4.74 Å². The molecule has 1 aliphatic rings. The standard InChI is InChI=1S/C14H20FN3O2/c1-16-13-12(15)11(6-7-17-13)14(19)18-8-9-20-10-4-2-3-5-10/h6-7,10H,2-5,8-9H2,1H3,(H,16,17)(H,18,19). The first-order valence-corrected chi connectivity index (χ1v) is 6.94. The Bertz CT molecular complexity index is 462. The molecule has 0 aromatic carbocycles. The highest BCUT2D eigenvalue weighted by Crippen LogP contribution is 2.20. The lowest BCUT2D eigenvalue weighted by Gasteiger charge is -2.12. The van der Waals surface area contributed by atoms with Gasteiger partial charge in [0.1, 0.15) is 0 Å². The van der Waals surface area contributed by atoms with Gasteiger partial charge in [-0.1, -0.05) is 12.8 Å². The third kappa shape index (κ3) is 3.66. The maximum Gasteiger partial charge on any atom is 0.254 e. The van der Waals surface area contributed by atoms with Gasteiger partial charge in [-0.15, -0.1) is 0 Å². The Kier molecular flexibility index (Phi) is 5.29. The molecule has 1 aromatic rings. The maximum absolute atomic E-state index is 13.9. The minimum atomic E-state index is -0.635. The van der Waals surface area contributed by atoms with Crippen LogP contribution < -0.4 is 10.6 Å². The Morgan fingerprint density at radius 3 is 2.95 bits per heavy atom. The van der Waals surface area contributed by atoms with E-state index in [0.29, 0.717) is 19.3 Å². The molecule has 2 rings (SSSR count). The molecular weight excluding hydrogens is 261 g/mol. The summed E-state index contributed by atoms with van der Waals surface area (Å²) in [6.45, 7) is 0.841. The molecule has 0 bridgehead atoms. The molecule has 6 heteroatoms. The average Bonchev–Trinajstić information content (AvgIpc) is 2.97. The van der Waals surface area contributed by atoms with E-state index in [9.17, 15) is 9.18 Å². The van der Waals surface area contributed by atoms with Crippen LogP contribution in [-0.4, -0.2) is 37.2 Å².